The Morgan fingerprint density at radius 1 is 0.609 bits per heavy atom. The number of rotatable bonds is 4. The Morgan fingerprint density at radius 3 is 1.49 bits per heavy atom. The van der Waals surface area contributed by atoms with Gasteiger partial charge in [0, 0.05) is 35.7 Å². The summed E-state index contributed by atoms with van der Waals surface area (Å²) in [4.78, 5) is 4.77. The van der Waals surface area contributed by atoms with Crippen LogP contribution in [0.3, 0.4) is 0 Å². The van der Waals surface area contributed by atoms with Gasteiger partial charge in [0.2, 0.25) is 0 Å². The van der Waals surface area contributed by atoms with Crippen molar-refractivity contribution in [2.45, 2.75) is 154 Å². The Morgan fingerprint density at radius 2 is 1.01 bits per heavy atom. The molecule has 4 aromatic rings. The molecule has 0 aliphatic heterocycles. The summed E-state index contributed by atoms with van der Waals surface area (Å²) in [5, 5.41) is 41.6. The Bertz CT molecular complexity index is 2320. The molecule has 0 saturated heterocycles. The predicted molar refractivity (Wildman–Crippen MR) is 261 cm³/mol. The fourth-order valence-corrected chi connectivity index (χ4v) is 14.8. The molecule has 4 aromatic carbocycles. The summed E-state index contributed by atoms with van der Waals surface area (Å²) in [6.45, 7) is 4.27. The second kappa shape index (κ2) is 22.9. The third-order valence-electron chi connectivity index (χ3n) is 16.5. The first kappa shape index (κ1) is 55.5. The van der Waals surface area contributed by atoms with Crippen molar-refractivity contribution in [2.75, 3.05) is 0 Å². The Labute approximate surface area is 423 Å². The van der Waals surface area contributed by atoms with Gasteiger partial charge in [-0.1, -0.05) is 87.1 Å². The van der Waals surface area contributed by atoms with E-state index in [9.17, 15) is 37.7 Å². The molecular weight excluding hydrogens is 1100 g/mol. The average Bonchev–Trinajstić information content (AvgIpc) is 3.73. The van der Waals surface area contributed by atoms with Crippen LogP contribution in [0.2, 0.25) is 0 Å². The molecule has 6 nitrogen and oxygen atoms in total. The van der Waals surface area contributed by atoms with Crippen LogP contribution in [0.15, 0.2) is 83.9 Å². The summed E-state index contributed by atoms with van der Waals surface area (Å²) in [7, 11) is 0. The number of aromatic hydroxyl groups is 2. The van der Waals surface area contributed by atoms with Crippen LogP contribution < -0.4 is 5.73 Å². The molecule has 0 amide bonds. The molecule has 8 fully saturated rings. The predicted octanol–water partition coefficient (Wildman–Crippen LogP) is 13.4. The SMILES string of the molecule is C.C.Cc1cc(C=N[C@@H]2c3ccccc3C[C@@H]2O)c(O)c(C23CC4CC(CC(C4)C2)C3)c1.Cc1ccc(O)c(C23CC4CC(CC(C4)C2)C3)c1.N[C@@H]1c2ccccc2C[C@@H]1O.[F][Ag][F].[F][Sb]([F])([F])[F]. The van der Waals surface area contributed by atoms with E-state index >= 15 is 0 Å². The van der Waals surface area contributed by atoms with Crippen LogP contribution in [0.25, 0.3) is 0 Å². The van der Waals surface area contributed by atoms with E-state index in [2.05, 4.69) is 38.1 Å². The summed E-state index contributed by atoms with van der Waals surface area (Å²) >= 11 is -9.03. The number of benzene rings is 4. The van der Waals surface area contributed by atoms with Crippen LogP contribution in [-0.2, 0) is 44.5 Å². The fourth-order valence-electron chi connectivity index (χ4n) is 14.8. The molecular formula is C55H72AgF6N2O4Sb. The van der Waals surface area contributed by atoms with Gasteiger partial charge in [-0.15, -0.1) is 0 Å². The molecule has 8 saturated carbocycles. The van der Waals surface area contributed by atoms with E-state index < -0.39 is 48.1 Å². The second-order valence-electron chi connectivity index (χ2n) is 21.3. The maximum absolute atomic E-state index is 11.4. The molecule has 10 aliphatic rings. The summed E-state index contributed by atoms with van der Waals surface area (Å²) in [5.41, 5.74) is 16.5. The monoisotopic (exact) mass is 1170 g/mol. The quantitative estimate of drug-likeness (QED) is 0.0792. The third kappa shape index (κ3) is 12.7. The van der Waals surface area contributed by atoms with E-state index in [4.69, 9.17) is 10.7 Å². The van der Waals surface area contributed by atoms with Gasteiger partial charge in [0.1, 0.15) is 17.5 Å². The Balaban J connectivity index is 0.000000170. The minimum absolute atomic E-state index is 0. The minimum atomic E-state index is -7.10. The van der Waals surface area contributed by atoms with Crippen molar-refractivity contribution in [3.05, 3.63) is 129 Å². The standard InChI is InChI=1S/C27H31NO2.C17H22O.C9H11NO.2CH4.Ag.6FH.Sb/c1-16-6-21(15-28-25-22-5-3-2-4-20(22)11-24(25)29)26(30)23(7-16)27-12-17-8-18(13-27)10-19(9-17)14-27;1-11-2-3-16(18)15(4-11)17-8-12-5-13(9-17)7-14(6-12)10-17;10-9-7-4-2-1-3-6(7)5-8(9)11;;;;;;;;;;/h2-7,15,17-19,24-25,29-30H,8-14H2,1H3;2-4,12-14,18H,5-10H2,1H3;1-4,8-9,11H,5,10H2;2*1H4;;6*1H;/q;;;;;+2;;;;;;;+4/p-6/t17?,18?,19?,24-,25+,27?;;8-,9+;;;;;;;;;;/m0.0........../s1. The van der Waals surface area contributed by atoms with Crippen LogP contribution in [0, 0.1) is 49.4 Å². The zero-order chi connectivity index (χ0) is 47.8. The number of hydrogen-bond donors (Lipinski definition) is 5. The van der Waals surface area contributed by atoms with Crippen LogP contribution in [-0.4, -0.2) is 60.0 Å². The Hall–Kier alpha value is -2.83. The van der Waals surface area contributed by atoms with Gasteiger partial charge < -0.3 is 26.2 Å². The van der Waals surface area contributed by atoms with Crippen LogP contribution in [0.4, 0.5) is 17.3 Å². The normalized spacial score (nSPS) is 32.4. The van der Waals surface area contributed by atoms with Crippen LogP contribution in [0.1, 0.15) is 154 Å². The van der Waals surface area contributed by atoms with Gasteiger partial charge in [0.25, 0.3) is 0 Å². The van der Waals surface area contributed by atoms with Gasteiger partial charge in [0.05, 0.1) is 18.2 Å². The van der Waals surface area contributed by atoms with Crippen molar-refractivity contribution in [1.82, 2.24) is 0 Å². The van der Waals surface area contributed by atoms with E-state index in [1.807, 2.05) is 60.8 Å². The van der Waals surface area contributed by atoms with Crippen molar-refractivity contribution < 1.29 is 58.6 Å². The number of aliphatic hydroxyl groups excluding tert-OH is 2. The summed E-state index contributed by atoms with van der Waals surface area (Å²) < 4.78 is 58.9. The van der Waals surface area contributed by atoms with E-state index in [0.717, 1.165) is 57.8 Å². The van der Waals surface area contributed by atoms with Gasteiger partial charge >= 0.3 is 59.3 Å². The van der Waals surface area contributed by atoms with Gasteiger partial charge in [-0.3, -0.25) is 4.99 Å². The second-order valence-corrected chi connectivity index (χ2v) is 23.7. The zero-order valence-electron chi connectivity index (χ0n) is 38.1. The number of aliphatic imine (C=N–C) groups is 1. The van der Waals surface area contributed by atoms with Crippen molar-refractivity contribution in [1.29, 1.82) is 0 Å². The first-order chi connectivity index (χ1) is 31.9. The summed E-state index contributed by atoms with van der Waals surface area (Å²) in [6, 6.07) is 26.1. The number of aliphatic hydroxyl groups is 2. The number of nitrogens with two attached hydrogens (primary N) is 1. The molecule has 10 aliphatic carbocycles. The number of halogens is 6. The number of hydrogen-bond acceptors (Lipinski definition) is 6. The maximum atomic E-state index is 11.4. The van der Waals surface area contributed by atoms with Crippen molar-refractivity contribution in [2.24, 2.45) is 46.2 Å². The van der Waals surface area contributed by atoms with Gasteiger partial charge in [-0.25, -0.2) is 0 Å². The zero-order valence-corrected chi connectivity index (χ0v) is 42.1. The topological polar surface area (TPSA) is 119 Å². The van der Waals surface area contributed by atoms with Gasteiger partial charge in [-0.2, -0.15) is 0 Å². The van der Waals surface area contributed by atoms with Crippen molar-refractivity contribution in [3.8, 4) is 11.5 Å². The van der Waals surface area contributed by atoms with E-state index in [1.54, 1.807) is 0 Å². The molecule has 14 rings (SSSR count). The molecule has 6 N–H and O–H groups in total. The van der Waals surface area contributed by atoms with E-state index in [-0.39, 0.29) is 38.5 Å². The molecule has 4 atom stereocenters. The first-order valence-electron chi connectivity index (χ1n) is 23.8. The Kier molecular flexibility index (Phi) is 18.4. The first-order valence-corrected chi connectivity index (χ1v) is 28.8. The number of phenolic OH excluding ortho intramolecular Hbond substituents is 2. The van der Waals surface area contributed by atoms with E-state index in [0.29, 0.717) is 29.8 Å². The molecule has 14 heteroatoms. The van der Waals surface area contributed by atoms with Gasteiger partial charge in [0.15, 0.2) is 0 Å². The summed E-state index contributed by atoms with van der Waals surface area (Å²) in [6.07, 6.45) is 18.6. The molecule has 1 radical (unpaired) electrons. The third-order valence-corrected chi connectivity index (χ3v) is 16.5. The van der Waals surface area contributed by atoms with Crippen LogP contribution in [0.5, 0.6) is 11.5 Å². The molecule has 0 aromatic heterocycles. The number of aryl methyl sites for hydroxylation is 2. The van der Waals surface area contributed by atoms with Crippen LogP contribution >= 0.6 is 0 Å². The number of nitrogens with zero attached hydrogens (tertiary/aromatic N) is 1. The van der Waals surface area contributed by atoms with Crippen molar-refractivity contribution >= 4 is 27.3 Å². The van der Waals surface area contributed by atoms with E-state index in [1.165, 1.54) is 105 Å². The molecule has 0 heterocycles. The molecule has 69 heavy (non-hydrogen) atoms. The van der Waals surface area contributed by atoms with Gasteiger partial charge in [-0.05, 0) is 177 Å². The molecule has 0 unspecified atom stereocenters. The number of fused-ring (bicyclic) bond motifs is 2. The molecule has 384 valence electrons. The van der Waals surface area contributed by atoms with Crippen molar-refractivity contribution in [3.63, 3.8) is 0 Å². The number of phenols is 2. The molecule has 0 spiro atoms. The summed E-state index contributed by atoms with van der Waals surface area (Å²) in [5.74, 6) is 6.33. The molecule has 8 bridgehead atoms. The fraction of sp³-hybridized carbons (Fsp3) is 0.545. The average molecular weight is 1170 g/mol.